The van der Waals surface area contributed by atoms with Crippen LogP contribution in [-0.4, -0.2) is 59.8 Å². The quantitative estimate of drug-likeness (QED) is 0.380. The van der Waals surface area contributed by atoms with Gasteiger partial charge in [-0.3, -0.25) is 9.59 Å². The van der Waals surface area contributed by atoms with E-state index in [1.165, 1.54) is 7.11 Å². The van der Waals surface area contributed by atoms with Gasteiger partial charge in [-0.25, -0.2) is 4.79 Å². The third kappa shape index (κ3) is 3.87. The van der Waals surface area contributed by atoms with Gasteiger partial charge in [-0.15, -0.1) is 0 Å². The number of carbonyl (C=O) groups is 3. The Kier molecular flexibility index (Phi) is 6.51. The molecule has 5 atom stereocenters. The van der Waals surface area contributed by atoms with Gasteiger partial charge in [-0.2, -0.15) is 0 Å². The summed E-state index contributed by atoms with van der Waals surface area (Å²) in [6.07, 6.45) is 1.35. The third-order valence-electron chi connectivity index (χ3n) is 8.69. The standard InChI is InChI=1S/C25H42O7Si2/c1-16-17(26)12-18-23(5)15-30-21(28)25(23,32-33(7,8)9)19(31-34(10,11)22(2,3)4)13-24(16,18)14-20(27)29-6/h12,16,19H,13-15H2,1-11H3/t16-,19+,23-,24+,25+/m0/s1. The molecular formula is C25H42O7Si2. The summed E-state index contributed by atoms with van der Waals surface area (Å²) in [4.78, 5) is 39.5. The summed E-state index contributed by atoms with van der Waals surface area (Å²) in [6.45, 7) is 20.8. The van der Waals surface area contributed by atoms with E-state index in [1.54, 1.807) is 6.08 Å². The lowest BCUT2D eigenvalue weighted by molar-refractivity contribution is -0.176. The van der Waals surface area contributed by atoms with Gasteiger partial charge in [-0.05, 0) is 62.8 Å². The van der Waals surface area contributed by atoms with E-state index in [2.05, 4.69) is 33.9 Å². The van der Waals surface area contributed by atoms with Crippen molar-refractivity contribution in [1.29, 1.82) is 0 Å². The second-order valence-electron chi connectivity index (χ2n) is 13.0. The Morgan fingerprint density at radius 3 is 2.26 bits per heavy atom. The summed E-state index contributed by atoms with van der Waals surface area (Å²) in [7, 11) is -3.34. The van der Waals surface area contributed by atoms with Gasteiger partial charge in [0.05, 0.1) is 25.0 Å². The second kappa shape index (κ2) is 8.11. The molecule has 0 aromatic rings. The molecular weight excluding hydrogens is 468 g/mol. The van der Waals surface area contributed by atoms with Crippen LogP contribution in [0.4, 0.5) is 0 Å². The van der Waals surface area contributed by atoms with Gasteiger partial charge in [0.2, 0.25) is 0 Å². The summed E-state index contributed by atoms with van der Waals surface area (Å²) >= 11 is 0. The predicted octanol–water partition coefficient (Wildman–Crippen LogP) is 4.63. The first kappa shape index (κ1) is 27.3. The zero-order chi connectivity index (χ0) is 26.1. The normalized spacial score (nSPS) is 36.0. The zero-order valence-electron chi connectivity index (χ0n) is 22.7. The molecule has 7 nitrogen and oxygen atoms in total. The lowest BCUT2D eigenvalue weighted by Crippen LogP contribution is -2.70. The lowest BCUT2D eigenvalue weighted by atomic mass is 9.50. The Hall–Kier alpha value is -1.30. The number of cyclic esters (lactones) is 1. The highest BCUT2D eigenvalue weighted by Gasteiger charge is 2.76. The minimum absolute atomic E-state index is 0.0469. The van der Waals surface area contributed by atoms with Gasteiger partial charge in [0.25, 0.3) is 0 Å². The lowest BCUT2D eigenvalue weighted by Gasteiger charge is -2.59. The van der Waals surface area contributed by atoms with E-state index in [0.717, 1.165) is 5.57 Å². The molecule has 1 aliphatic heterocycles. The molecule has 0 N–H and O–H groups in total. The van der Waals surface area contributed by atoms with Crippen molar-refractivity contribution in [2.45, 2.75) is 96.9 Å². The topological polar surface area (TPSA) is 88.1 Å². The van der Waals surface area contributed by atoms with Crippen LogP contribution in [0.25, 0.3) is 0 Å². The second-order valence-corrected chi connectivity index (χ2v) is 22.2. The van der Waals surface area contributed by atoms with Crippen molar-refractivity contribution in [1.82, 2.24) is 0 Å². The summed E-state index contributed by atoms with van der Waals surface area (Å²) in [6, 6.07) is 0. The van der Waals surface area contributed by atoms with Gasteiger partial charge >= 0.3 is 11.9 Å². The van der Waals surface area contributed by atoms with Crippen molar-refractivity contribution < 1.29 is 32.7 Å². The van der Waals surface area contributed by atoms with Crippen molar-refractivity contribution in [2.24, 2.45) is 16.7 Å². The predicted molar refractivity (Wildman–Crippen MR) is 134 cm³/mol. The third-order valence-corrected chi connectivity index (χ3v) is 14.1. The van der Waals surface area contributed by atoms with Gasteiger partial charge < -0.3 is 18.3 Å². The number of carbonyl (C=O) groups excluding carboxylic acids is 3. The number of methoxy groups -OCH3 is 1. The molecule has 2 aliphatic carbocycles. The summed E-state index contributed by atoms with van der Waals surface area (Å²) < 4.78 is 24.7. The van der Waals surface area contributed by atoms with Crippen LogP contribution in [0.2, 0.25) is 37.8 Å². The largest absolute Gasteiger partial charge is 0.469 e. The van der Waals surface area contributed by atoms with Crippen molar-refractivity contribution in [3.8, 4) is 0 Å². The molecule has 3 aliphatic rings. The molecule has 0 aromatic carbocycles. The molecule has 0 spiro atoms. The minimum atomic E-state index is -2.39. The van der Waals surface area contributed by atoms with Crippen LogP contribution in [0.3, 0.4) is 0 Å². The average molecular weight is 511 g/mol. The maximum Gasteiger partial charge on any atom is 0.341 e. The SMILES string of the molecule is COC(=O)C[C@@]12C[C@@H](O[Si](C)(C)C(C)(C)C)[C@@]3(O[Si](C)(C)C)C(=O)OC[C@@]3(C)C1=CC(=O)[C@@H]2C. The van der Waals surface area contributed by atoms with E-state index in [4.69, 9.17) is 18.3 Å². The van der Waals surface area contributed by atoms with Gasteiger partial charge in [0.15, 0.2) is 28.0 Å². The van der Waals surface area contributed by atoms with Crippen LogP contribution in [-0.2, 0) is 32.7 Å². The van der Waals surface area contributed by atoms with Gasteiger partial charge in [0.1, 0.15) is 6.61 Å². The van der Waals surface area contributed by atoms with E-state index >= 15 is 0 Å². The fourth-order valence-electron chi connectivity index (χ4n) is 5.81. The Labute approximate surface area is 206 Å². The Bertz CT molecular complexity index is 929. The number of fused-ring (bicyclic) bond motifs is 3. The zero-order valence-corrected chi connectivity index (χ0v) is 24.7. The highest BCUT2D eigenvalue weighted by atomic mass is 28.4. The van der Waals surface area contributed by atoms with Crippen LogP contribution >= 0.6 is 0 Å². The Morgan fingerprint density at radius 2 is 1.76 bits per heavy atom. The number of hydrogen-bond donors (Lipinski definition) is 0. The molecule has 1 heterocycles. The molecule has 0 unspecified atom stereocenters. The number of allylic oxidation sites excluding steroid dienone is 1. The molecule has 0 amide bonds. The summed E-state index contributed by atoms with van der Waals surface area (Å²) in [5.74, 6) is -1.30. The van der Waals surface area contributed by atoms with E-state index in [0.29, 0.717) is 6.42 Å². The van der Waals surface area contributed by atoms with Crippen molar-refractivity contribution in [3.63, 3.8) is 0 Å². The van der Waals surface area contributed by atoms with Crippen LogP contribution in [0.5, 0.6) is 0 Å². The van der Waals surface area contributed by atoms with Crippen molar-refractivity contribution in [3.05, 3.63) is 11.6 Å². The maximum absolute atomic E-state index is 13.7. The number of hydrogen-bond acceptors (Lipinski definition) is 7. The molecule has 1 saturated carbocycles. The first-order chi connectivity index (χ1) is 15.3. The molecule has 9 heteroatoms. The van der Waals surface area contributed by atoms with Gasteiger partial charge in [-0.1, -0.05) is 27.7 Å². The first-order valence-electron chi connectivity index (χ1n) is 12.2. The van der Waals surface area contributed by atoms with Crippen molar-refractivity contribution in [2.75, 3.05) is 13.7 Å². The minimum Gasteiger partial charge on any atom is -0.469 e. The molecule has 34 heavy (non-hydrogen) atoms. The number of rotatable bonds is 6. The van der Waals surface area contributed by atoms with E-state index in [9.17, 15) is 14.4 Å². The molecule has 0 radical (unpaired) electrons. The molecule has 2 fully saturated rings. The monoisotopic (exact) mass is 510 g/mol. The molecule has 192 valence electrons. The highest BCUT2D eigenvalue weighted by molar-refractivity contribution is 6.74. The Morgan fingerprint density at radius 1 is 1.18 bits per heavy atom. The van der Waals surface area contributed by atoms with Crippen LogP contribution < -0.4 is 0 Å². The number of esters is 2. The molecule has 0 aromatic heterocycles. The molecule has 3 rings (SSSR count). The maximum atomic E-state index is 13.7. The van der Waals surface area contributed by atoms with Crippen LogP contribution in [0, 0.1) is 16.7 Å². The van der Waals surface area contributed by atoms with Crippen LogP contribution in [0.1, 0.15) is 47.5 Å². The average Bonchev–Trinajstić information content (AvgIpc) is 3.07. The van der Waals surface area contributed by atoms with E-state index < -0.39 is 51.1 Å². The summed E-state index contributed by atoms with van der Waals surface area (Å²) in [5.41, 5.74) is -2.36. The smallest absolute Gasteiger partial charge is 0.341 e. The number of ether oxygens (including phenoxy) is 2. The molecule has 1 saturated heterocycles. The van der Waals surface area contributed by atoms with Gasteiger partial charge in [0, 0.05) is 11.3 Å². The first-order valence-corrected chi connectivity index (χ1v) is 18.5. The highest BCUT2D eigenvalue weighted by Crippen LogP contribution is 2.67. The fraction of sp³-hybridized carbons (Fsp3) is 0.800. The van der Waals surface area contributed by atoms with Crippen molar-refractivity contribution >= 4 is 34.4 Å². The fourth-order valence-corrected chi connectivity index (χ4v) is 8.53. The van der Waals surface area contributed by atoms with E-state index in [-0.39, 0.29) is 29.8 Å². The molecule has 0 bridgehead atoms. The van der Waals surface area contributed by atoms with E-state index in [1.807, 2.05) is 33.5 Å². The van der Waals surface area contributed by atoms with Crippen LogP contribution in [0.15, 0.2) is 11.6 Å². The Balaban J connectivity index is 2.30. The number of ketones is 1. The summed E-state index contributed by atoms with van der Waals surface area (Å²) in [5, 5.41) is -0.116.